The van der Waals surface area contributed by atoms with E-state index in [-0.39, 0.29) is 17.3 Å². The number of fused-ring (bicyclic) bond motifs is 1. The van der Waals surface area contributed by atoms with E-state index in [4.69, 9.17) is 9.47 Å². The molecule has 3 aromatic rings. The van der Waals surface area contributed by atoms with Gasteiger partial charge in [-0.05, 0) is 49.4 Å². The number of carbonyl (C=O) groups excluding carboxylic acids is 1. The second-order valence-corrected chi connectivity index (χ2v) is 8.20. The van der Waals surface area contributed by atoms with Gasteiger partial charge in [0, 0.05) is 23.0 Å². The Hall–Kier alpha value is -3.52. The van der Waals surface area contributed by atoms with Crippen molar-refractivity contribution in [1.82, 2.24) is 0 Å². The highest BCUT2D eigenvalue weighted by molar-refractivity contribution is 7.92. The van der Waals surface area contributed by atoms with Crippen molar-refractivity contribution in [3.63, 3.8) is 0 Å². The summed E-state index contributed by atoms with van der Waals surface area (Å²) < 4.78 is 38.4. The number of sulfonamides is 1. The van der Waals surface area contributed by atoms with Crippen LogP contribution in [0.15, 0.2) is 71.6 Å². The predicted octanol–water partition coefficient (Wildman–Crippen LogP) is 3.78. The average molecular weight is 410 g/mol. The van der Waals surface area contributed by atoms with Crippen LogP contribution < -0.4 is 19.5 Å². The Kier molecular flexibility index (Phi) is 4.85. The van der Waals surface area contributed by atoms with Crippen molar-refractivity contribution < 1.29 is 22.7 Å². The highest BCUT2D eigenvalue weighted by atomic mass is 32.2. The molecule has 1 aliphatic heterocycles. The van der Waals surface area contributed by atoms with Crippen molar-refractivity contribution in [2.45, 2.75) is 11.8 Å². The van der Waals surface area contributed by atoms with Gasteiger partial charge in [-0.15, -0.1) is 0 Å². The number of hydrogen-bond donors (Lipinski definition) is 2. The quantitative estimate of drug-likeness (QED) is 0.668. The van der Waals surface area contributed by atoms with Gasteiger partial charge in [-0.25, -0.2) is 8.42 Å². The number of aryl methyl sites for hydroxylation is 1. The van der Waals surface area contributed by atoms with E-state index in [2.05, 4.69) is 10.0 Å². The zero-order valence-electron chi connectivity index (χ0n) is 15.5. The third-order valence-electron chi connectivity index (χ3n) is 4.34. The van der Waals surface area contributed by atoms with E-state index in [9.17, 15) is 13.2 Å². The maximum absolute atomic E-state index is 12.7. The fourth-order valence-corrected chi connectivity index (χ4v) is 3.92. The number of rotatable bonds is 5. The summed E-state index contributed by atoms with van der Waals surface area (Å²) >= 11 is 0. The summed E-state index contributed by atoms with van der Waals surface area (Å²) in [6, 6.07) is 17.9. The molecule has 0 aliphatic carbocycles. The van der Waals surface area contributed by atoms with Crippen LogP contribution >= 0.6 is 0 Å². The minimum atomic E-state index is -3.83. The molecule has 4 rings (SSSR count). The fraction of sp³-hybridized carbons (Fsp3) is 0.0952. The molecule has 0 fully saturated rings. The van der Waals surface area contributed by atoms with Crippen molar-refractivity contribution >= 4 is 27.3 Å². The van der Waals surface area contributed by atoms with Crippen LogP contribution in [0.2, 0.25) is 0 Å². The number of hydrogen-bond acceptors (Lipinski definition) is 5. The second-order valence-electron chi connectivity index (χ2n) is 6.52. The number of benzene rings is 3. The largest absolute Gasteiger partial charge is 0.454 e. The van der Waals surface area contributed by atoms with Crippen LogP contribution in [0.25, 0.3) is 0 Å². The van der Waals surface area contributed by atoms with E-state index in [1.54, 1.807) is 36.4 Å². The fourth-order valence-electron chi connectivity index (χ4n) is 2.82. The monoisotopic (exact) mass is 410 g/mol. The lowest BCUT2D eigenvalue weighted by atomic mass is 10.2. The molecule has 7 nitrogen and oxygen atoms in total. The van der Waals surface area contributed by atoms with Gasteiger partial charge in [0.05, 0.1) is 4.90 Å². The Morgan fingerprint density at radius 2 is 1.62 bits per heavy atom. The second kappa shape index (κ2) is 7.48. The van der Waals surface area contributed by atoms with Crippen molar-refractivity contribution in [2.75, 3.05) is 16.8 Å². The molecule has 0 spiro atoms. The van der Waals surface area contributed by atoms with Crippen molar-refractivity contribution in [3.05, 3.63) is 77.9 Å². The summed E-state index contributed by atoms with van der Waals surface area (Å²) in [5, 5.41) is 2.73. The SMILES string of the molecule is Cc1ccc(NS(=O)(=O)c2cccc(C(=O)Nc3ccc4c(c3)OCO4)c2)cc1. The van der Waals surface area contributed by atoms with E-state index >= 15 is 0 Å². The normalized spacial score (nSPS) is 12.4. The Morgan fingerprint density at radius 1 is 0.897 bits per heavy atom. The van der Waals surface area contributed by atoms with Gasteiger partial charge in [-0.1, -0.05) is 23.8 Å². The van der Waals surface area contributed by atoms with E-state index in [0.29, 0.717) is 22.9 Å². The molecule has 0 unspecified atom stereocenters. The lowest BCUT2D eigenvalue weighted by Crippen LogP contribution is -2.16. The first-order chi connectivity index (χ1) is 13.9. The van der Waals surface area contributed by atoms with Gasteiger partial charge in [0.1, 0.15) is 0 Å². The zero-order valence-corrected chi connectivity index (χ0v) is 16.3. The standard InChI is InChI=1S/C21H18N2O5S/c1-14-5-7-16(8-6-14)23-29(25,26)18-4-2-3-15(11-18)21(24)22-17-9-10-19-20(12-17)28-13-27-19/h2-12,23H,13H2,1H3,(H,22,24). The molecule has 0 saturated heterocycles. The molecule has 0 aromatic heterocycles. The van der Waals surface area contributed by atoms with Crippen LogP contribution in [-0.4, -0.2) is 21.1 Å². The third kappa shape index (κ3) is 4.17. The zero-order chi connectivity index (χ0) is 20.4. The number of amides is 1. The Balaban J connectivity index is 1.53. The first-order valence-electron chi connectivity index (χ1n) is 8.81. The number of ether oxygens (including phenoxy) is 2. The van der Waals surface area contributed by atoms with Crippen LogP contribution in [0.1, 0.15) is 15.9 Å². The minimum absolute atomic E-state index is 0.00332. The van der Waals surface area contributed by atoms with Gasteiger partial charge < -0.3 is 14.8 Å². The van der Waals surface area contributed by atoms with E-state index in [1.165, 1.54) is 18.2 Å². The molecule has 2 N–H and O–H groups in total. The first-order valence-corrected chi connectivity index (χ1v) is 10.3. The Bertz CT molecular complexity index is 1170. The first kappa shape index (κ1) is 18.8. The molecule has 1 heterocycles. The van der Waals surface area contributed by atoms with Gasteiger partial charge in [0.15, 0.2) is 11.5 Å². The smallest absolute Gasteiger partial charge is 0.261 e. The van der Waals surface area contributed by atoms with Crippen molar-refractivity contribution in [2.24, 2.45) is 0 Å². The van der Waals surface area contributed by atoms with E-state index < -0.39 is 15.9 Å². The predicted molar refractivity (Wildman–Crippen MR) is 109 cm³/mol. The molecule has 148 valence electrons. The van der Waals surface area contributed by atoms with Gasteiger partial charge >= 0.3 is 0 Å². The lowest BCUT2D eigenvalue weighted by molar-refractivity contribution is 0.102. The molecule has 29 heavy (non-hydrogen) atoms. The average Bonchev–Trinajstić information content (AvgIpc) is 3.17. The third-order valence-corrected chi connectivity index (χ3v) is 5.72. The number of carbonyl (C=O) groups is 1. The van der Waals surface area contributed by atoms with Crippen LogP contribution in [0.3, 0.4) is 0 Å². The molecule has 8 heteroatoms. The molecule has 0 saturated carbocycles. The molecule has 3 aromatic carbocycles. The molecule has 0 radical (unpaired) electrons. The Morgan fingerprint density at radius 3 is 2.41 bits per heavy atom. The van der Waals surface area contributed by atoms with Crippen LogP contribution in [0, 0.1) is 6.92 Å². The van der Waals surface area contributed by atoms with Crippen LogP contribution in [0.5, 0.6) is 11.5 Å². The highest BCUT2D eigenvalue weighted by Crippen LogP contribution is 2.34. The number of anilines is 2. The Labute approximate surface area is 168 Å². The minimum Gasteiger partial charge on any atom is -0.454 e. The molecular formula is C21H18N2O5S. The summed E-state index contributed by atoms with van der Waals surface area (Å²) in [7, 11) is -3.83. The summed E-state index contributed by atoms with van der Waals surface area (Å²) in [6.07, 6.45) is 0. The van der Waals surface area contributed by atoms with Gasteiger partial charge in [-0.3, -0.25) is 9.52 Å². The van der Waals surface area contributed by atoms with E-state index in [0.717, 1.165) is 5.56 Å². The summed E-state index contributed by atoms with van der Waals surface area (Å²) in [4.78, 5) is 12.6. The topological polar surface area (TPSA) is 93.7 Å². The lowest BCUT2D eigenvalue weighted by Gasteiger charge is -2.10. The van der Waals surface area contributed by atoms with Gasteiger partial charge in [0.2, 0.25) is 6.79 Å². The van der Waals surface area contributed by atoms with Gasteiger partial charge in [-0.2, -0.15) is 0 Å². The van der Waals surface area contributed by atoms with Crippen molar-refractivity contribution in [3.8, 4) is 11.5 Å². The maximum atomic E-state index is 12.7. The molecule has 0 bridgehead atoms. The highest BCUT2D eigenvalue weighted by Gasteiger charge is 2.18. The van der Waals surface area contributed by atoms with Crippen LogP contribution in [-0.2, 0) is 10.0 Å². The van der Waals surface area contributed by atoms with E-state index in [1.807, 2.05) is 19.1 Å². The summed E-state index contributed by atoms with van der Waals surface area (Å²) in [5.74, 6) is 0.718. The van der Waals surface area contributed by atoms with Crippen molar-refractivity contribution in [1.29, 1.82) is 0 Å². The molecule has 0 atom stereocenters. The molecule has 1 aliphatic rings. The summed E-state index contributed by atoms with van der Waals surface area (Å²) in [5.41, 5.74) is 2.21. The summed E-state index contributed by atoms with van der Waals surface area (Å²) in [6.45, 7) is 2.06. The molecule has 1 amide bonds. The number of nitrogens with one attached hydrogen (secondary N) is 2. The maximum Gasteiger partial charge on any atom is 0.261 e. The van der Waals surface area contributed by atoms with Crippen LogP contribution in [0.4, 0.5) is 11.4 Å². The molecular weight excluding hydrogens is 392 g/mol. The van der Waals surface area contributed by atoms with Gasteiger partial charge in [0.25, 0.3) is 15.9 Å².